The number of rotatable bonds is 4. The molecule has 0 aliphatic heterocycles. The number of ether oxygens (including phenoxy) is 1. The third-order valence-electron chi connectivity index (χ3n) is 3.19. The molecular weight excluding hydrogens is 285 g/mol. The Kier molecular flexibility index (Phi) is 4.88. The van der Waals surface area contributed by atoms with E-state index in [1.807, 2.05) is 0 Å². The van der Waals surface area contributed by atoms with Crippen LogP contribution in [0.5, 0.6) is 0 Å². The van der Waals surface area contributed by atoms with E-state index >= 15 is 0 Å². The molecule has 5 heteroatoms. The van der Waals surface area contributed by atoms with E-state index in [1.165, 1.54) is 31.1 Å². The molecule has 0 aromatic heterocycles. The van der Waals surface area contributed by atoms with Gasteiger partial charge in [-0.25, -0.2) is 9.18 Å². The highest BCUT2D eigenvalue weighted by Gasteiger charge is 2.14. The number of hydrogen-bond acceptors (Lipinski definition) is 3. The molecule has 0 unspecified atom stereocenters. The van der Waals surface area contributed by atoms with E-state index < -0.39 is 11.8 Å². The number of hydrogen-bond donors (Lipinski definition) is 0. The van der Waals surface area contributed by atoms with Crippen molar-refractivity contribution >= 4 is 17.6 Å². The van der Waals surface area contributed by atoms with Crippen LogP contribution in [0, 0.1) is 5.82 Å². The minimum Gasteiger partial charge on any atom is -0.465 e. The quantitative estimate of drug-likeness (QED) is 0.815. The van der Waals surface area contributed by atoms with E-state index in [0.717, 1.165) is 5.56 Å². The van der Waals surface area contributed by atoms with E-state index in [2.05, 4.69) is 4.74 Å². The van der Waals surface area contributed by atoms with Crippen LogP contribution in [0.15, 0.2) is 48.5 Å². The fourth-order valence-corrected chi connectivity index (χ4v) is 2.13. The molecule has 0 N–H and O–H groups in total. The fourth-order valence-electron chi connectivity index (χ4n) is 2.13. The molecule has 0 saturated carbocycles. The van der Waals surface area contributed by atoms with Crippen molar-refractivity contribution in [3.8, 4) is 0 Å². The summed E-state index contributed by atoms with van der Waals surface area (Å²) < 4.78 is 18.0. The van der Waals surface area contributed by atoms with E-state index in [9.17, 15) is 14.0 Å². The first-order valence-electron chi connectivity index (χ1n) is 6.72. The van der Waals surface area contributed by atoms with Crippen molar-refractivity contribution in [2.24, 2.45) is 0 Å². The van der Waals surface area contributed by atoms with Crippen molar-refractivity contribution in [2.75, 3.05) is 12.0 Å². The summed E-state index contributed by atoms with van der Waals surface area (Å²) in [5, 5.41) is 0. The van der Waals surface area contributed by atoms with Gasteiger partial charge < -0.3 is 9.64 Å². The number of esters is 1. The Labute approximate surface area is 128 Å². The third-order valence-corrected chi connectivity index (χ3v) is 3.19. The number of nitrogens with zero attached hydrogens (tertiary/aromatic N) is 1. The Balaban J connectivity index is 2.29. The molecule has 114 valence electrons. The molecule has 2 aromatic carbocycles. The summed E-state index contributed by atoms with van der Waals surface area (Å²) in [6.45, 7) is 1.65. The second-order valence-corrected chi connectivity index (χ2v) is 4.78. The maximum absolute atomic E-state index is 13.3. The summed E-state index contributed by atoms with van der Waals surface area (Å²) in [4.78, 5) is 24.8. The first kappa shape index (κ1) is 15.7. The second kappa shape index (κ2) is 6.85. The first-order valence-corrected chi connectivity index (χ1v) is 6.72. The minimum absolute atomic E-state index is 0.214. The number of amides is 1. The summed E-state index contributed by atoms with van der Waals surface area (Å²) in [6, 6.07) is 12.6. The number of anilines is 1. The van der Waals surface area contributed by atoms with Crippen LogP contribution in [-0.2, 0) is 16.1 Å². The summed E-state index contributed by atoms with van der Waals surface area (Å²) in [6.07, 6.45) is 0. The lowest BCUT2D eigenvalue weighted by atomic mass is 10.1. The molecule has 0 saturated heterocycles. The third kappa shape index (κ3) is 3.69. The lowest BCUT2D eigenvalue weighted by Crippen LogP contribution is -2.28. The zero-order chi connectivity index (χ0) is 16.1. The smallest absolute Gasteiger partial charge is 0.337 e. The number of carbonyl (C=O) groups is 2. The SMILES string of the molecule is COC(=O)c1cccc(CN(C(C)=O)c2cccc(F)c2)c1. The Bertz CT molecular complexity index is 700. The van der Waals surface area contributed by atoms with E-state index in [0.29, 0.717) is 11.3 Å². The lowest BCUT2D eigenvalue weighted by Gasteiger charge is -2.21. The van der Waals surface area contributed by atoms with Gasteiger partial charge >= 0.3 is 5.97 Å². The normalized spacial score (nSPS) is 10.1. The van der Waals surface area contributed by atoms with Gasteiger partial charge in [0.05, 0.1) is 19.2 Å². The average Bonchev–Trinajstić information content (AvgIpc) is 2.51. The van der Waals surface area contributed by atoms with E-state index in [1.54, 1.807) is 36.4 Å². The van der Waals surface area contributed by atoms with Gasteiger partial charge in [-0.1, -0.05) is 18.2 Å². The van der Waals surface area contributed by atoms with Gasteiger partial charge in [0.25, 0.3) is 0 Å². The van der Waals surface area contributed by atoms with Gasteiger partial charge in [-0.2, -0.15) is 0 Å². The maximum Gasteiger partial charge on any atom is 0.337 e. The molecule has 22 heavy (non-hydrogen) atoms. The Morgan fingerprint density at radius 3 is 2.50 bits per heavy atom. The van der Waals surface area contributed by atoms with E-state index in [4.69, 9.17) is 0 Å². The largest absolute Gasteiger partial charge is 0.465 e. The molecule has 2 rings (SSSR count). The topological polar surface area (TPSA) is 46.6 Å². The van der Waals surface area contributed by atoms with Crippen LogP contribution in [0.3, 0.4) is 0 Å². The zero-order valence-corrected chi connectivity index (χ0v) is 12.4. The van der Waals surface area contributed by atoms with Crippen LogP contribution in [0.25, 0.3) is 0 Å². The highest BCUT2D eigenvalue weighted by atomic mass is 19.1. The highest BCUT2D eigenvalue weighted by molar-refractivity contribution is 5.92. The molecule has 2 aromatic rings. The Hall–Kier alpha value is -2.69. The van der Waals surface area contributed by atoms with Gasteiger partial charge in [-0.15, -0.1) is 0 Å². The van der Waals surface area contributed by atoms with Crippen LogP contribution >= 0.6 is 0 Å². The first-order chi connectivity index (χ1) is 10.5. The molecule has 4 nitrogen and oxygen atoms in total. The average molecular weight is 301 g/mol. The van der Waals surface area contributed by atoms with Gasteiger partial charge in [0.2, 0.25) is 5.91 Å². The molecule has 1 amide bonds. The second-order valence-electron chi connectivity index (χ2n) is 4.78. The Morgan fingerprint density at radius 2 is 1.86 bits per heavy atom. The predicted octanol–water partition coefficient (Wildman–Crippen LogP) is 3.17. The number of carbonyl (C=O) groups excluding carboxylic acids is 2. The van der Waals surface area contributed by atoms with Crippen LogP contribution in [0.1, 0.15) is 22.8 Å². The molecule has 0 atom stereocenters. The summed E-state index contributed by atoms with van der Waals surface area (Å²) in [5.74, 6) is -1.07. The van der Waals surface area contributed by atoms with Crippen molar-refractivity contribution in [3.63, 3.8) is 0 Å². The van der Waals surface area contributed by atoms with E-state index in [-0.39, 0.29) is 12.5 Å². The number of benzene rings is 2. The van der Waals surface area contributed by atoms with Gasteiger partial charge in [0.1, 0.15) is 5.82 Å². The predicted molar refractivity (Wildman–Crippen MR) is 81.0 cm³/mol. The van der Waals surface area contributed by atoms with Crippen LogP contribution in [-0.4, -0.2) is 19.0 Å². The van der Waals surface area contributed by atoms with Crippen molar-refractivity contribution < 1.29 is 18.7 Å². The van der Waals surface area contributed by atoms with Crippen molar-refractivity contribution in [1.29, 1.82) is 0 Å². The Morgan fingerprint density at radius 1 is 1.14 bits per heavy atom. The van der Waals surface area contributed by atoms with Gasteiger partial charge in [-0.3, -0.25) is 4.79 Å². The van der Waals surface area contributed by atoms with Crippen molar-refractivity contribution in [3.05, 3.63) is 65.5 Å². The zero-order valence-electron chi connectivity index (χ0n) is 12.4. The lowest BCUT2D eigenvalue weighted by molar-refractivity contribution is -0.116. The monoisotopic (exact) mass is 301 g/mol. The number of methoxy groups -OCH3 is 1. The molecule has 0 radical (unpaired) electrons. The molecule has 0 bridgehead atoms. The van der Waals surface area contributed by atoms with Gasteiger partial charge in [0.15, 0.2) is 0 Å². The molecule has 0 spiro atoms. The molecule has 0 fully saturated rings. The molecular formula is C17H16FNO3. The van der Waals surface area contributed by atoms with Gasteiger partial charge in [-0.05, 0) is 35.9 Å². The standard InChI is InChI=1S/C17H16FNO3/c1-12(20)19(16-8-4-7-15(18)10-16)11-13-5-3-6-14(9-13)17(21)22-2/h3-10H,11H2,1-2H3. The minimum atomic E-state index is -0.443. The van der Waals surface area contributed by atoms with Gasteiger partial charge in [0, 0.05) is 12.6 Å². The highest BCUT2D eigenvalue weighted by Crippen LogP contribution is 2.19. The molecule has 0 aliphatic rings. The van der Waals surface area contributed by atoms with Crippen LogP contribution < -0.4 is 4.90 Å². The van der Waals surface area contributed by atoms with Crippen molar-refractivity contribution in [1.82, 2.24) is 0 Å². The van der Waals surface area contributed by atoms with Crippen molar-refractivity contribution in [2.45, 2.75) is 13.5 Å². The maximum atomic E-state index is 13.3. The number of halogens is 1. The molecule has 0 heterocycles. The summed E-state index contributed by atoms with van der Waals surface area (Å²) >= 11 is 0. The van der Waals surface area contributed by atoms with Crippen LogP contribution in [0.2, 0.25) is 0 Å². The fraction of sp³-hybridized carbons (Fsp3) is 0.176. The van der Waals surface area contributed by atoms with Crippen LogP contribution in [0.4, 0.5) is 10.1 Å². The molecule has 0 aliphatic carbocycles. The summed E-state index contributed by atoms with van der Waals surface area (Å²) in [7, 11) is 1.31. The summed E-state index contributed by atoms with van der Waals surface area (Å²) in [5.41, 5.74) is 1.63.